The molecule has 1 aromatic heterocycles. The molecule has 0 bridgehead atoms. The van der Waals surface area contributed by atoms with Crippen LogP contribution < -0.4 is 5.69 Å². The van der Waals surface area contributed by atoms with Gasteiger partial charge in [-0.2, -0.15) is 0 Å². The van der Waals surface area contributed by atoms with Crippen molar-refractivity contribution in [3.63, 3.8) is 0 Å². The molecule has 0 amide bonds. The molecular weight excluding hydrogens is 176 g/mol. The summed E-state index contributed by atoms with van der Waals surface area (Å²) in [6, 6.07) is 3.58. The van der Waals surface area contributed by atoms with Crippen LogP contribution in [-0.2, 0) is 0 Å². The number of hydrogen-bond acceptors (Lipinski definition) is 1. The summed E-state index contributed by atoms with van der Waals surface area (Å²) in [6.07, 6.45) is 0. The van der Waals surface area contributed by atoms with Crippen molar-refractivity contribution in [2.24, 2.45) is 0 Å². The van der Waals surface area contributed by atoms with Gasteiger partial charge in [0.15, 0.2) is 0 Å². The van der Waals surface area contributed by atoms with E-state index < -0.39 is 0 Å². The second-order valence-electron chi connectivity index (χ2n) is 2.73. The van der Waals surface area contributed by atoms with Crippen molar-refractivity contribution in [1.82, 2.24) is 9.97 Å². The van der Waals surface area contributed by atoms with Gasteiger partial charge >= 0.3 is 5.69 Å². The van der Waals surface area contributed by atoms with Crippen LogP contribution in [0.25, 0.3) is 11.0 Å². The first-order valence-electron chi connectivity index (χ1n) is 3.55. The molecular formula is C8H7ClN2O. The van der Waals surface area contributed by atoms with Crippen LogP contribution in [0.15, 0.2) is 16.9 Å². The maximum atomic E-state index is 10.9. The Morgan fingerprint density at radius 3 is 2.50 bits per heavy atom. The molecule has 12 heavy (non-hydrogen) atoms. The average molecular weight is 183 g/mol. The van der Waals surface area contributed by atoms with Crippen molar-refractivity contribution in [1.29, 1.82) is 0 Å². The fraction of sp³-hybridized carbons (Fsp3) is 0.125. The Morgan fingerprint density at radius 1 is 1.25 bits per heavy atom. The van der Waals surface area contributed by atoms with E-state index in [9.17, 15) is 4.79 Å². The minimum absolute atomic E-state index is 0.202. The first-order valence-corrected chi connectivity index (χ1v) is 3.93. The minimum Gasteiger partial charge on any atom is -0.306 e. The van der Waals surface area contributed by atoms with Gasteiger partial charge in [0.25, 0.3) is 0 Å². The Hall–Kier alpha value is -1.22. The van der Waals surface area contributed by atoms with Crippen LogP contribution in [0.3, 0.4) is 0 Å². The number of aromatic nitrogens is 2. The molecule has 62 valence electrons. The molecule has 0 aliphatic heterocycles. The van der Waals surface area contributed by atoms with E-state index in [-0.39, 0.29) is 5.69 Å². The smallest absolute Gasteiger partial charge is 0.306 e. The molecule has 0 fully saturated rings. The van der Waals surface area contributed by atoms with Crippen molar-refractivity contribution < 1.29 is 0 Å². The van der Waals surface area contributed by atoms with Gasteiger partial charge in [-0.3, -0.25) is 0 Å². The number of imidazole rings is 1. The van der Waals surface area contributed by atoms with Gasteiger partial charge in [0.1, 0.15) is 0 Å². The quantitative estimate of drug-likeness (QED) is 0.642. The second kappa shape index (κ2) is 2.38. The van der Waals surface area contributed by atoms with Gasteiger partial charge in [-0.15, -0.1) is 0 Å². The summed E-state index contributed by atoms with van der Waals surface area (Å²) in [5.74, 6) is 0. The van der Waals surface area contributed by atoms with Gasteiger partial charge in [-0.1, -0.05) is 11.6 Å². The van der Waals surface area contributed by atoms with Crippen LogP contribution in [0.1, 0.15) is 5.56 Å². The predicted octanol–water partition coefficient (Wildman–Crippen LogP) is 1.82. The summed E-state index contributed by atoms with van der Waals surface area (Å²) >= 11 is 5.86. The van der Waals surface area contributed by atoms with Crippen LogP contribution in [0.4, 0.5) is 0 Å². The van der Waals surface area contributed by atoms with Gasteiger partial charge in [0.05, 0.1) is 11.0 Å². The lowest BCUT2D eigenvalue weighted by Crippen LogP contribution is -1.99. The van der Waals surface area contributed by atoms with E-state index >= 15 is 0 Å². The maximum absolute atomic E-state index is 10.9. The molecule has 2 N–H and O–H groups in total. The van der Waals surface area contributed by atoms with Crippen molar-refractivity contribution in [2.45, 2.75) is 6.92 Å². The zero-order valence-corrected chi connectivity index (χ0v) is 7.20. The molecule has 0 saturated heterocycles. The van der Waals surface area contributed by atoms with Crippen LogP contribution in [0.2, 0.25) is 5.02 Å². The number of H-pyrrole nitrogens is 2. The van der Waals surface area contributed by atoms with E-state index in [0.717, 1.165) is 16.6 Å². The second-order valence-corrected chi connectivity index (χ2v) is 3.13. The number of fused-ring (bicyclic) bond motifs is 1. The molecule has 0 aliphatic rings. The molecule has 0 unspecified atom stereocenters. The molecule has 1 aromatic carbocycles. The fourth-order valence-corrected chi connectivity index (χ4v) is 1.33. The third-order valence-corrected chi connectivity index (χ3v) is 2.20. The summed E-state index contributed by atoms with van der Waals surface area (Å²) < 4.78 is 0. The van der Waals surface area contributed by atoms with Gasteiger partial charge < -0.3 is 9.97 Å². The van der Waals surface area contributed by atoms with Crippen LogP contribution in [-0.4, -0.2) is 9.97 Å². The van der Waals surface area contributed by atoms with Gasteiger partial charge in [-0.05, 0) is 24.6 Å². The van der Waals surface area contributed by atoms with Crippen LogP contribution in [0.5, 0.6) is 0 Å². The lowest BCUT2D eigenvalue weighted by atomic mass is 10.2. The van der Waals surface area contributed by atoms with E-state index in [1.54, 1.807) is 6.07 Å². The highest BCUT2D eigenvalue weighted by Gasteiger charge is 2.01. The number of rotatable bonds is 0. The molecule has 3 nitrogen and oxygen atoms in total. The molecule has 0 aliphatic carbocycles. The monoisotopic (exact) mass is 182 g/mol. The highest BCUT2D eigenvalue weighted by molar-refractivity contribution is 6.32. The molecule has 1 heterocycles. The van der Waals surface area contributed by atoms with E-state index in [1.807, 2.05) is 13.0 Å². The van der Waals surface area contributed by atoms with E-state index in [1.165, 1.54) is 0 Å². The lowest BCUT2D eigenvalue weighted by Gasteiger charge is -1.95. The fourth-order valence-electron chi connectivity index (χ4n) is 1.16. The Kier molecular flexibility index (Phi) is 1.48. The Morgan fingerprint density at radius 2 is 1.83 bits per heavy atom. The SMILES string of the molecule is Cc1cc2[nH]c(=O)[nH]c2cc1Cl. The normalized spacial score (nSPS) is 10.8. The zero-order valence-electron chi connectivity index (χ0n) is 6.44. The van der Waals surface area contributed by atoms with Crippen LogP contribution >= 0.6 is 11.6 Å². The summed E-state index contributed by atoms with van der Waals surface area (Å²) in [5.41, 5.74) is 2.29. The van der Waals surface area contributed by atoms with Crippen molar-refractivity contribution in [3.8, 4) is 0 Å². The van der Waals surface area contributed by atoms with E-state index in [4.69, 9.17) is 11.6 Å². The molecule has 0 atom stereocenters. The topological polar surface area (TPSA) is 48.6 Å². The zero-order chi connectivity index (χ0) is 8.72. The van der Waals surface area contributed by atoms with Crippen LogP contribution in [0, 0.1) is 6.92 Å². The molecule has 4 heteroatoms. The number of nitrogens with one attached hydrogen (secondary N) is 2. The average Bonchev–Trinajstić information content (AvgIpc) is 2.30. The maximum Gasteiger partial charge on any atom is 0.323 e. The summed E-state index contributed by atoms with van der Waals surface area (Å²) in [6.45, 7) is 1.90. The minimum atomic E-state index is -0.202. The number of benzene rings is 1. The first-order chi connectivity index (χ1) is 5.66. The Bertz CT molecular complexity index is 441. The van der Waals surface area contributed by atoms with Crippen molar-refractivity contribution in [3.05, 3.63) is 33.2 Å². The van der Waals surface area contributed by atoms with E-state index in [0.29, 0.717) is 5.02 Å². The van der Waals surface area contributed by atoms with Gasteiger partial charge in [0, 0.05) is 5.02 Å². The number of aromatic amines is 2. The number of halogens is 1. The van der Waals surface area contributed by atoms with E-state index in [2.05, 4.69) is 9.97 Å². The number of hydrogen-bond donors (Lipinski definition) is 2. The highest BCUT2D eigenvalue weighted by atomic mass is 35.5. The summed E-state index contributed by atoms with van der Waals surface area (Å²) in [4.78, 5) is 16.1. The van der Waals surface area contributed by atoms with Gasteiger partial charge in [-0.25, -0.2) is 4.79 Å². The molecule has 0 saturated carbocycles. The first kappa shape index (κ1) is 7.43. The molecule has 0 spiro atoms. The standard InChI is InChI=1S/C8H7ClN2O/c1-4-2-6-7(3-5(4)9)11-8(12)10-6/h2-3H,1H3,(H2,10,11,12). The largest absolute Gasteiger partial charge is 0.323 e. The molecule has 2 aromatic rings. The Labute approximate surface area is 73.4 Å². The number of aryl methyl sites for hydroxylation is 1. The third-order valence-electron chi connectivity index (χ3n) is 1.80. The third kappa shape index (κ3) is 1.02. The van der Waals surface area contributed by atoms with Crippen molar-refractivity contribution in [2.75, 3.05) is 0 Å². The van der Waals surface area contributed by atoms with Crippen molar-refractivity contribution >= 4 is 22.6 Å². The predicted molar refractivity (Wildman–Crippen MR) is 48.7 cm³/mol. The molecule has 2 rings (SSSR count). The summed E-state index contributed by atoms with van der Waals surface area (Å²) in [7, 11) is 0. The molecule has 0 radical (unpaired) electrons. The highest BCUT2D eigenvalue weighted by Crippen LogP contribution is 2.19. The lowest BCUT2D eigenvalue weighted by molar-refractivity contribution is 1.21. The Balaban J connectivity index is 2.92. The summed E-state index contributed by atoms with van der Waals surface area (Å²) in [5, 5.41) is 0.665. The van der Waals surface area contributed by atoms with Gasteiger partial charge in [0.2, 0.25) is 0 Å².